The summed E-state index contributed by atoms with van der Waals surface area (Å²) in [4.78, 5) is 0. The van der Waals surface area contributed by atoms with Crippen molar-refractivity contribution in [3.63, 3.8) is 0 Å². The molecular formula is C22H30ClNO. The molecule has 0 unspecified atom stereocenters. The summed E-state index contributed by atoms with van der Waals surface area (Å²) < 4.78 is 5.88. The normalized spacial score (nSPS) is 10.8. The summed E-state index contributed by atoms with van der Waals surface area (Å²) >= 11 is 6.17. The smallest absolute Gasteiger partial charge is 0.120 e. The molecule has 0 atom stereocenters. The van der Waals surface area contributed by atoms with Crippen LogP contribution < -0.4 is 10.1 Å². The zero-order chi connectivity index (χ0) is 17.7. The lowest BCUT2D eigenvalue weighted by molar-refractivity contribution is 0.306. The van der Waals surface area contributed by atoms with E-state index in [1.807, 2.05) is 36.4 Å². The second-order valence-corrected chi connectivity index (χ2v) is 6.88. The molecule has 0 spiro atoms. The Morgan fingerprint density at radius 3 is 2.56 bits per heavy atom. The summed E-state index contributed by atoms with van der Waals surface area (Å²) in [7, 11) is 0. The second kappa shape index (κ2) is 11.9. The summed E-state index contributed by atoms with van der Waals surface area (Å²) in [5.74, 6) is 0.888. The van der Waals surface area contributed by atoms with Crippen LogP contribution in [-0.2, 0) is 13.2 Å². The monoisotopic (exact) mass is 359 g/mol. The van der Waals surface area contributed by atoms with E-state index in [2.05, 4.69) is 24.4 Å². The Morgan fingerprint density at radius 1 is 0.920 bits per heavy atom. The van der Waals surface area contributed by atoms with Crippen LogP contribution in [0, 0.1) is 0 Å². The van der Waals surface area contributed by atoms with Crippen LogP contribution in [0.1, 0.15) is 56.6 Å². The van der Waals surface area contributed by atoms with E-state index >= 15 is 0 Å². The second-order valence-electron chi connectivity index (χ2n) is 6.47. The average Bonchev–Trinajstić information content (AvgIpc) is 2.64. The van der Waals surface area contributed by atoms with Crippen LogP contribution >= 0.6 is 11.6 Å². The summed E-state index contributed by atoms with van der Waals surface area (Å²) in [6, 6.07) is 16.1. The molecule has 0 bridgehead atoms. The standard InChI is InChI=1S/C22H30ClNO/c1-2-3-4-5-6-9-15-24-17-19-11-10-13-21(16-19)25-18-20-12-7-8-14-22(20)23/h7-8,10-14,16,24H,2-6,9,15,17-18H2,1H3. The first-order valence-electron chi connectivity index (χ1n) is 9.45. The maximum absolute atomic E-state index is 6.17. The fraction of sp³-hybridized carbons (Fsp3) is 0.455. The summed E-state index contributed by atoms with van der Waals surface area (Å²) in [6.07, 6.45) is 8.00. The van der Waals surface area contributed by atoms with Crippen molar-refractivity contribution in [1.82, 2.24) is 5.32 Å². The van der Waals surface area contributed by atoms with Gasteiger partial charge in [-0.1, -0.05) is 81.0 Å². The highest BCUT2D eigenvalue weighted by atomic mass is 35.5. The molecule has 2 aromatic carbocycles. The Morgan fingerprint density at radius 2 is 1.72 bits per heavy atom. The fourth-order valence-electron chi connectivity index (χ4n) is 2.78. The minimum Gasteiger partial charge on any atom is -0.489 e. The van der Waals surface area contributed by atoms with Gasteiger partial charge in [0, 0.05) is 17.1 Å². The molecule has 0 saturated heterocycles. The number of nitrogens with one attached hydrogen (secondary N) is 1. The van der Waals surface area contributed by atoms with E-state index < -0.39 is 0 Å². The molecule has 0 radical (unpaired) electrons. The molecule has 0 aliphatic carbocycles. The molecule has 2 rings (SSSR count). The molecule has 0 aromatic heterocycles. The molecule has 0 saturated carbocycles. The van der Waals surface area contributed by atoms with Crippen LogP contribution in [0.15, 0.2) is 48.5 Å². The molecule has 3 heteroatoms. The number of halogens is 1. The Labute approximate surface area is 157 Å². The van der Waals surface area contributed by atoms with Crippen molar-refractivity contribution in [1.29, 1.82) is 0 Å². The van der Waals surface area contributed by atoms with E-state index in [0.717, 1.165) is 29.4 Å². The fourth-order valence-corrected chi connectivity index (χ4v) is 2.98. The van der Waals surface area contributed by atoms with Crippen molar-refractivity contribution in [3.05, 3.63) is 64.7 Å². The number of hydrogen-bond donors (Lipinski definition) is 1. The molecule has 0 heterocycles. The molecule has 25 heavy (non-hydrogen) atoms. The first-order chi connectivity index (χ1) is 12.3. The van der Waals surface area contributed by atoms with Crippen LogP contribution in [0.3, 0.4) is 0 Å². The van der Waals surface area contributed by atoms with Crippen molar-refractivity contribution in [3.8, 4) is 5.75 Å². The maximum atomic E-state index is 6.17. The quantitative estimate of drug-likeness (QED) is 0.444. The van der Waals surface area contributed by atoms with Crippen molar-refractivity contribution in [2.45, 2.75) is 58.6 Å². The lowest BCUT2D eigenvalue weighted by Gasteiger charge is -2.10. The minimum atomic E-state index is 0.494. The van der Waals surface area contributed by atoms with Crippen LogP contribution in [0.4, 0.5) is 0 Å². The molecule has 0 aliphatic rings. The lowest BCUT2D eigenvalue weighted by Crippen LogP contribution is -2.14. The van der Waals surface area contributed by atoms with Gasteiger partial charge in [0.2, 0.25) is 0 Å². The third kappa shape index (κ3) is 7.94. The number of rotatable bonds is 12. The van der Waals surface area contributed by atoms with Gasteiger partial charge in [-0.25, -0.2) is 0 Å². The van der Waals surface area contributed by atoms with Gasteiger partial charge in [0.1, 0.15) is 12.4 Å². The van der Waals surface area contributed by atoms with E-state index in [4.69, 9.17) is 16.3 Å². The van der Waals surface area contributed by atoms with Gasteiger partial charge in [-0.3, -0.25) is 0 Å². The first kappa shape index (κ1) is 19.8. The maximum Gasteiger partial charge on any atom is 0.120 e. The van der Waals surface area contributed by atoms with Gasteiger partial charge < -0.3 is 10.1 Å². The van der Waals surface area contributed by atoms with Crippen molar-refractivity contribution >= 4 is 11.6 Å². The first-order valence-corrected chi connectivity index (χ1v) is 9.83. The number of benzene rings is 2. The third-order valence-electron chi connectivity index (χ3n) is 4.29. The predicted octanol–water partition coefficient (Wildman–Crippen LogP) is 6.37. The van der Waals surface area contributed by atoms with E-state index in [1.165, 1.54) is 44.1 Å². The minimum absolute atomic E-state index is 0.494. The van der Waals surface area contributed by atoms with Crippen LogP contribution in [0.2, 0.25) is 5.02 Å². The highest BCUT2D eigenvalue weighted by molar-refractivity contribution is 6.31. The summed E-state index contributed by atoms with van der Waals surface area (Å²) in [5, 5.41) is 4.28. The van der Waals surface area contributed by atoms with E-state index in [-0.39, 0.29) is 0 Å². The van der Waals surface area contributed by atoms with E-state index in [9.17, 15) is 0 Å². The number of hydrogen-bond acceptors (Lipinski definition) is 2. The third-order valence-corrected chi connectivity index (χ3v) is 4.66. The molecule has 0 aliphatic heterocycles. The summed E-state index contributed by atoms with van der Waals surface area (Å²) in [5.41, 5.74) is 2.26. The summed E-state index contributed by atoms with van der Waals surface area (Å²) in [6.45, 7) is 4.72. The van der Waals surface area contributed by atoms with Gasteiger partial charge in [-0.05, 0) is 36.7 Å². The van der Waals surface area contributed by atoms with Crippen molar-refractivity contribution < 1.29 is 4.74 Å². The van der Waals surface area contributed by atoms with Gasteiger partial charge in [0.05, 0.1) is 0 Å². The molecule has 0 fully saturated rings. The van der Waals surface area contributed by atoms with Crippen LogP contribution in [0.25, 0.3) is 0 Å². The Bertz CT molecular complexity index is 614. The Balaban J connectivity index is 1.67. The topological polar surface area (TPSA) is 21.3 Å². The Hall–Kier alpha value is -1.51. The SMILES string of the molecule is CCCCCCCCNCc1cccc(OCc2ccccc2Cl)c1. The van der Waals surface area contributed by atoms with Gasteiger partial charge in [0.15, 0.2) is 0 Å². The molecule has 136 valence electrons. The Kier molecular flexibility index (Phi) is 9.46. The zero-order valence-corrected chi connectivity index (χ0v) is 16.0. The van der Waals surface area contributed by atoms with Gasteiger partial charge in [-0.2, -0.15) is 0 Å². The number of unbranched alkanes of at least 4 members (excludes halogenated alkanes) is 5. The van der Waals surface area contributed by atoms with Crippen LogP contribution in [-0.4, -0.2) is 6.54 Å². The van der Waals surface area contributed by atoms with Gasteiger partial charge in [-0.15, -0.1) is 0 Å². The number of ether oxygens (including phenoxy) is 1. The van der Waals surface area contributed by atoms with Crippen molar-refractivity contribution in [2.24, 2.45) is 0 Å². The van der Waals surface area contributed by atoms with Gasteiger partial charge in [0.25, 0.3) is 0 Å². The predicted molar refractivity (Wildman–Crippen MR) is 107 cm³/mol. The zero-order valence-electron chi connectivity index (χ0n) is 15.3. The highest BCUT2D eigenvalue weighted by Crippen LogP contribution is 2.19. The van der Waals surface area contributed by atoms with E-state index in [1.54, 1.807) is 0 Å². The van der Waals surface area contributed by atoms with Crippen molar-refractivity contribution in [2.75, 3.05) is 6.54 Å². The molecular weight excluding hydrogens is 330 g/mol. The van der Waals surface area contributed by atoms with Gasteiger partial charge >= 0.3 is 0 Å². The van der Waals surface area contributed by atoms with E-state index in [0.29, 0.717) is 6.61 Å². The molecule has 0 amide bonds. The molecule has 2 nitrogen and oxygen atoms in total. The van der Waals surface area contributed by atoms with Crippen LogP contribution in [0.5, 0.6) is 5.75 Å². The largest absolute Gasteiger partial charge is 0.489 e. The average molecular weight is 360 g/mol. The molecule has 2 aromatic rings. The lowest BCUT2D eigenvalue weighted by atomic mass is 10.1. The highest BCUT2D eigenvalue weighted by Gasteiger charge is 2.01. The molecule has 1 N–H and O–H groups in total.